The van der Waals surface area contributed by atoms with Crippen molar-refractivity contribution in [1.29, 1.82) is 0 Å². The van der Waals surface area contributed by atoms with Crippen LogP contribution < -0.4 is 5.43 Å². The Hall–Kier alpha value is -0.510. The number of nitrogens with one attached hydrogen (secondary N) is 1. The number of benzene rings is 1. The Labute approximate surface area is 108 Å². The lowest BCUT2D eigenvalue weighted by Crippen LogP contribution is -2.43. The molecule has 1 unspecified atom stereocenters. The van der Waals surface area contributed by atoms with Gasteiger partial charge in [-0.2, -0.15) is 0 Å². The second kappa shape index (κ2) is 5.42. The van der Waals surface area contributed by atoms with Gasteiger partial charge in [0.05, 0.1) is 0 Å². The maximum absolute atomic E-state index is 3.62. The monoisotopic (exact) mass is 248 g/mol. The largest absolute Gasteiger partial charge is 0.255 e. The van der Waals surface area contributed by atoms with Gasteiger partial charge in [0, 0.05) is 36.2 Å². The summed E-state index contributed by atoms with van der Waals surface area (Å²) < 4.78 is 0. The molecule has 1 N–H and O–H groups in total. The highest BCUT2D eigenvalue weighted by atomic mass is 32.2. The van der Waals surface area contributed by atoms with Crippen LogP contribution in [0.3, 0.4) is 0 Å². The zero-order chi connectivity index (χ0) is 11.5. The molecule has 2 heterocycles. The Morgan fingerprint density at radius 3 is 2.88 bits per heavy atom. The highest BCUT2D eigenvalue weighted by Gasteiger charge is 2.23. The van der Waals surface area contributed by atoms with E-state index in [0.29, 0.717) is 5.92 Å². The first kappa shape index (κ1) is 11.6. The van der Waals surface area contributed by atoms with Gasteiger partial charge in [-0.25, -0.2) is 5.01 Å². The highest BCUT2D eigenvalue weighted by Crippen LogP contribution is 2.38. The predicted molar refractivity (Wildman–Crippen MR) is 73.3 cm³/mol. The minimum Gasteiger partial charge on any atom is -0.255 e. The van der Waals surface area contributed by atoms with Crippen molar-refractivity contribution < 1.29 is 0 Å². The van der Waals surface area contributed by atoms with Crippen molar-refractivity contribution in [3.05, 3.63) is 29.8 Å². The molecule has 1 fully saturated rings. The average molecular weight is 248 g/mol. The maximum atomic E-state index is 3.62. The van der Waals surface area contributed by atoms with Crippen LogP contribution in [0.5, 0.6) is 0 Å². The summed E-state index contributed by atoms with van der Waals surface area (Å²) in [5.41, 5.74) is 5.17. The first-order chi connectivity index (χ1) is 8.43. The number of hydrogen-bond acceptors (Lipinski definition) is 3. The lowest BCUT2D eigenvalue weighted by atomic mass is 10.0. The average Bonchev–Trinajstić information content (AvgIpc) is 2.81. The summed E-state index contributed by atoms with van der Waals surface area (Å²) in [5, 5.41) is 2.41. The third kappa shape index (κ3) is 2.67. The maximum Gasteiger partial charge on any atom is 0.0180 e. The van der Waals surface area contributed by atoms with Gasteiger partial charge in [0.2, 0.25) is 0 Å². The van der Waals surface area contributed by atoms with Gasteiger partial charge in [-0.3, -0.25) is 5.43 Å². The van der Waals surface area contributed by atoms with Crippen LogP contribution in [0.15, 0.2) is 29.2 Å². The summed E-state index contributed by atoms with van der Waals surface area (Å²) >= 11 is 2.00. The topological polar surface area (TPSA) is 15.3 Å². The van der Waals surface area contributed by atoms with E-state index in [1.54, 1.807) is 5.56 Å². The number of fused-ring (bicyclic) bond motifs is 1. The number of piperidine rings is 1. The van der Waals surface area contributed by atoms with Crippen molar-refractivity contribution in [2.75, 3.05) is 25.4 Å². The van der Waals surface area contributed by atoms with Crippen molar-refractivity contribution in [1.82, 2.24) is 10.4 Å². The Bertz CT molecular complexity index is 374. The van der Waals surface area contributed by atoms with E-state index in [1.165, 1.54) is 43.0 Å². The molecule has 0 amide bonds. The normalized spacial score (nSPS) is 24.8. The molecule has 0 aliphatic carbocycles. The van der Waals surface area contributed by atoms with Crippen molar-refractivity contribution in [3.63, 3.8) is 0 Å². The number of thioether (sulfide) groups is 1. The first-order valence-corrected chi connectivity index (χ1v) is 7.62. The summed E-state index contributed by atoms with van der Waals surface area (Å²) in [4.78, 5) is 1.48. The Balaban J connectivity index is 1.56. The van der Waals surface area contributed by atoms with E-state index < -0.39 is 0 Å². The fraction of sp³-hybridized carbons (Fsp3) is 0.571. The third-order valence-corrected chi connectivity index (χ3v) is 4.97. The number of hydrazine groups is 1. The fourth-order valence-corrected chi connectivity index (χ4v) is 3.94. The molecule has 0 aromatic heterocycles. The molecule has 1 atom stereocenters. The second-order valence-electron chi connectivity index (χ2n) is 4.96. The lowest BCUT2D eigenvalue weighted by molar-refractivity contribution is 0.152. The molecule has 1 aromatic carbocycles. The van der Waals surface area contributed by atoms with Gasteiger partial charge in [-0.15, -0.1) is 11.8 Å². The van der Waals surface area contributed by atoms with Crippen LogP contribution in [0.2, 0.25) is 0 Å². The zero-order valence-corrected chi connectivity index (χ0v) is 11.0. The van der Waals surface area contributed by atoms with E-state index in [9.17, 15) is 0 Å². The molecule has 1 aromatic rings. The third-order valence-electron chi connectivity index (χ3n) is 3.72. The van der Waals surface area contributed by atoms with Crippen molar-refractivity contribution >= 4 is 11.8 Å². The molecule has 3 rings (SSSR count). The van der Waals surface area contributed by atoms with E-state index in [4.69, 9.17) is 0 Å². The molecular formula is C14H20N2S. The SMILES string of the molecule is c1ccc2c(c1)SCC2CNN1CCCCC1. The van der Waals surface area contributed by atoms with Crippen molar-refractivity contribution in [3.8, 4) is 0 Å². The van der Waals surface area contributed by atoms with E-state index >= 15 is 0 Å². The van der Waals surface area contributed by atoms with Crippen LogP contribution in [-0.2, 0) is 0 Å². The summed E-state index contributed by atoms with van der Waals surface area (Å²) in [6, 6.07) is 8.85. The summed E-state index contributed by atoms with van der Waals surface area (Å²) in [5.74, 6) is 1.93. The molecule has 2 nitrogen and oxygen atoms in total. The van der Waals surface area contributed by atoms with Crippen molar-refractivity contribution in [2.24, 2.45) is 0 Å². The number of rotatable bonds is 3. The molecule has 92 valence electrons. The molecule has 0 spiro atoms. The van der Waals surface area contributed by atoms with Crippen LogP contribution in [0.1, 0.15) is 30.7 Å². The van der Waals surface area contributed by atoms with Gasteiger partial charge >= 0.3 is 0 Å². The van der Waals surface area contributed by atoms with Crippen LogP contribution in [0.25, 0.3) is 0 Å². The highest BCUT2D eigenvalue weighted by molar-refractivity contribution is 7.99. The van der Waals surface area contributed by atoms with Crippen LogP contribution in [0.4, 0.5) is 0 Å². The fourth-order valence-electron chi connectivity index (χ4n) is 2.69. The van der Waals surface area contributed by atoms with Gasteiger partial charge in [0.15, 0.2) is 0 Å². The van der Waals surface area contributed by atoms with Gasteiger partial charge in [-0.1, -0.05) is 24.6 Å². The summed E-state index contributed by atoms with van der Waals surface area (Å²) in [6.45, 7) is 3.55. The predicted octanol–water partition coefficient (Wildman–Crippen LogP) is 2.87. The molecular weight excluding hydrogens is 228 g/mol. The first-order valence-electron chi connectivity index (χ1n) is 6.63. The van der Waals surface area contributed by atoms with E-state index in [0.717, 1.165) is 6.54 Å². The van der Waals surface area contributed by atoms with Gasteiger partial charge in [-0.05, 0) is 24.5 Å². The lowest BCUT2D eigenvalue weighted by Gasteiger charge is -2.28. The molecule has 2 aliphatic rings. The number of hydrogen-bond donors (Lipinski definition) is 1. The zero-order valence-electron chi connectivity index (χ0n) is 10.2. The van der Waals surface area contributed by atoms with E-state index in [2.05, 4.69) is 34.7 Å². The van der Waals surface area contributed by atoms with E-state index in [1.807, 2.05) is 11.8 Å². The molecule has 0 radical (unpaired) electrons. The Morgan fingerprint density at radius 2 is 2.00 bits per heavy atom. The van der Waals surface area contributed by atoms with Crippen molar-refractivity contribution in [2.45, 2.75) is 30.1 Å². The minimum atomic E-state index is 0.693. The van der Waals surface area contributed by atoms with Gasteiger partial charge < -0.3 is 0 Å². The molecule has 1 saturated heterocycles. The van der Waals surface area contributed by atoms with Gasteiger partial charge in [0.25, 0.3) is 0 Å². The van der Waals surface area contributed by atoms with E-state index in [-0.39, 0.29) is 0 Å². The van der Waals surface area contributed by atoms with Crippen LogP contribution in [0, 0.1) is 0 Å². The smallest absolute Gasteiger partial charge is 0.0180 e. The minimum absolute atomic E-state index is 0.693. The summed E-state index contributed by atoms with van der Waals surface area (Å²) in [7, 11) is 0. The van der Waals surface area contributed by atoms with Crippen LogP contribution >= 0.6 is 11.8 Å². The van der Waals surface area contributed by atoms with Gasteiger partial charge in [0.1, 0.15) is 0 Å². The number of nitrogens with zero attached hydrogens (tertiary/aromatic N) is 1. The van der Waals surface area contributed by atoms with Crippen LogP contribution in [-0.4, -0.2) is 30.4 Å². The summed E-state index contributed by atoms with van der Waals surface area (Å²) in [6.07, 6.45) is 4.10. The molecule has 0 bridgehead atoms. The Kier molecular flexibility index (Phi) is 3.69. The Morgan fingerprint density at radius 1 is 1.18 bits per heavy atom. The quantitative estimate of drug-likeness (QED) is 0.885. The second-order valence-corrected chi connectivity index (χ2v) is 6.02. The molecule has 2 aliphatic heterocycles. The standard InChI is InChI=1S/C14H20N2S/c1-4-8-16(9-5-1)15-10-12-11-17-14-7-3-2-6-13(12)14/h2-3,6-7,12,15H,1,4-5,8-11H2. The molecule has 0 saturated carbocycles. The molecule has 3 heteroatoms. The molecule has 17 heavy (non-hydrogen) atoms.